The summed E-state index contributed by atoms with van der Waals surface area (Å²) in [4.78, 5) is 11.1. The first-order valence-electron chi connectivity index (χ1n) is 8.53. The van der Waals surface area contributed by atoms with Gasteiger partial charge in [-0.25, -0.2) is 4.79 Å². The minimum atomic E-state index is -0.844. The zero-order valence-electron chi connectivity index (χ0n) is 14.4. The number of para-hydroxylation sites is 1. The summed E-state index contributed by atoms with van der Waals surface area (Å²) in [6, 6.07) is 16.1. The lowest BCUT2D eigenvalue weighted by Gasteiger charge is -2.17. The summed E-state index contributed by atoms with van der Waals surface area (Å²) < 4.78 is 11.4. The van der Waals surface area contributed by atoms with Gasteiger partial charge < -0.3 is 15.2 Å². The fraction of sp³-hybridized carbons (Fsp3) is 0.250. The summed E-state index contributed by atoms with van der Waals surface area (Å²) in [5.41, 5.74) is 7.17. The molecule has 0 bridgehead atoms. The van der Waals surface area contributed by atoms with Gasteiger partial charge in [-0.3, -0.25) is 5.21 Å². The molecule has 3 N–H and O–H groups in total. The molecule has 2 aromatic rings. The highest BCUT2D eigenvalue weighted by atomic mass is 16.5. The van der Waals surface area contributed by atoms with E-state index in [-0.39, 0.29) is 6.04 Å². The SMILES string of the molecule is NC(=O)N(O)C1C=C(c2cccc(OCCOc3ccccc3)c2)CC1. The van der Waals surface area contributed by atoms with Crippen LogP contribution in [0.1, 0.15) is 18.4 Å². The monoisotopic (exact) mass is 354 g/mol. The van der Waals surface area contributed by atoms with Crippen LogP contribution in [0.15, 0.2) is 60.7 Å². The molecule has 0 saturated carbocycles. The van der Waals surface area contributed by atoms with E-state index in [0.29, 0.717) is 24.7 Å². The third-order valence-electron chi connectivity index (χ3n) is 4.21. The molecule has 0 spiro atoms. The fourth-order valence-corrected chi connectivity index (χ4v) is 2.92. The topological polar surface area (TPSA) is 85.0 Å². The van der Waals surface area contributed by atoms with Gasteiger partial charge in [0.05, 0.1) is 6.04 Å². The van der Waals surface area contributed by atoms with Gasteiger partial charge >= 0.3 is 6.03 Å². The van der Waals surface area contributed by atoms with E-state index in [4.69, 9.17) is 15.2 Å². The number of nitrogens with zero attached hydrogens (tertiary/aromatic N) is 1. The van der Waals surface area contributed by atoms with Gasteiger partial charge in [0, 0.05) is 0 Å². The largest absolute Gasteiger partial charge is 0.490 e. The minimum Gasteiger partial charge on any atom is -0.490 e. The third-order valence-corrected chi connectivity index (χ3v) is 4.21. The maximum absolute atomic E-state index is 11.1. The molecule has 26 heavy (non-hydrogen) atoms. The Bertz CT molecular complexity index is 776. The normalized spacial score (nSPS) is 16.0. The van der Waals surface area contributed by atoms with Crippen LogP contribution in [-0.2, 0) is 0 Å². The molecule has 1 aliphatic carbocycles. The zero-order valence-corrected chi connectivity index (χ0v) is 14.4. The summed E-state index contributed by atoms with van der Waals surface area (Å²) in [7, 11) is 0. The lowest BCUT2D eigenvalue weighted by Crippen LogP contribution is -2.39. The molecule has 2 amide bonds. The molecule has 1 aliphatic rings. The van der Waals surface area contributed by atoms with Crippen LogP contribution in [-0.4, -0.2) is 35.6 Å². The van der Waals surface area contributed by atoms with Crippen molar-refractivity contribution in [3.8, 4) is 11.5 Å². The second-order valence-electron chi connectivity index (χ2n) is 6.02. The molecule has 0 aliphatic heterocycles. The Morgan fingerprint density at radius 2 is 1.77 bits per heavy atom. The smallest absolute Gasteiger partial charge is 0.339 e. The molecule has 0 aromatic heterocycles. The van der Waals surface area contributed by atoms with Crippen LogP contribution in [0.3, 0.4) is 0 Å². The van der Waals surface area contributed by atoms with E-state index in [1.165, 1.54) is 0 Å². The van der Waals surface area contributed by atoms with Gasteiger partial charge in [-0.1, -0.05) is 36.4 Å². The van der Waals surface area contributed by atoms with Gasteiger partial charge in [-0.2, -0.15) is 5.06 Å². The average Bonchev–Trinajstić information content (AvgIpc) is 3.16. The molecule has 0 fully saturated rings. The van der Waals surface area contributed by atoms with Gasteiger partial charge in [-0.15, -0.1) is 0 Å². The van der Waals surface area contributed by atoms with E-state index >= 15 is 0 Å². The molecule has 136 valence electrons. The number of urea groups is 1. The van der Waals surface area contributed by atoms with E-state index < -0.39 is 6.03 Å². The summed E-state index contributed by atoms with van der Waals surface area (Å²) in [5, 5.41) is 10.2. The number of ether oxygens (including phenoxy) is 2. The van der Waals surface area contributed by atoms with Crippen molar-refractivity contribution in [2.24, 2.45) is 5.73 Å². The van der Waals surface area contributed by atoms with Crippen molar-refractivity contribution in [3.05, 3.63) is 66.2 Å². The van der Waals surface area contributed by atoms with E-state index in [1.807, 2.05) is 60.7 Å². The standard InChI is InChI=1S/C20H22N2O4/c21-20(23)22(24)17-10-9-16(13-17)15-5-4-8-19(14-15)26-12-11-25-18-6-2-1-3-7-18/h1-8,13-14,17,24H,9-12H2,(H2,21,23). The number of rotatable bonds is 7. The number of carbonyl (C=O) groups excluding carboxylic acids is 1. The zero-order chi connectivity index (χ0) is 18.4. The minimum absolute atomic E-state index is 0.383. The van der Waals surface area contributed by atoms with Crippen LogP contribution in [0.2, 0.25) is 0 Å². The lowest BCUT2D eigenvalue weighted by atomic mass is 10.1. The van der Waals surface area contributed by atoms with Crippen molar-refractivity contribution >= 4 is 11.6 Å². The van der Waals surface area contributed by atoms with Gasteiger partial charge in [0.2, 0.25) is 0 Å². The molecule has 0 radical (unpaired) electrons. The molecule has 3 rings (SSSR count). The highest BCUT2D eigenvalue weighted by Crippen LogP contribution is 2.31. The van der Waals surface area contributed by atoms with Crippen LogP contribution >= 0.6 is 0 Å². The Morgan fingerprint density at radius 3 is 2.50 bits per heavy atom. The quantitative estimate of drug-likeness (QED) is 0.453. The van der Waals surface area contributed by atoms with Gasteiger partial charge in [0.25, 0.3) is 0 Å². The molecule has 0 heterocycles. The van der Waals surface area contributed by atoms with E-state index in [1.54, 1.807) is 0 Å². The Hall–Kier alpha value is -2.99. The molecule has 1 unspecified atom stereocenters. The van der Waals surface area contributed by atoms with Gasteiger partial charge in [-0.05, 0) is 48.2 Å². The van der Waals surface area contributed by atoms with Crippen molar-refractivity contribution in [2.45, 2.75) is 18.9 Å². The third kappa shape index (κ3) is 4.55. The number of allylic oxidation sites excluding steroid dienone is 1. The predicted octanol–water partition coefficient (Wildman–Crippen LogP) is 3.46. The first-order valence-corrected chi connectivity index (χ1v) is 8.53. The Labute approximate surface area is 152 Å². The highest BCUT2D eigenvalue weighted by molar-refractivity contribution is 5.74. The fourth-order valence-electron chi connectivity index (χ4n) is 2.92. The molecule has 1 atom stereocenters. The highest BCUT2D eigenvalue weighted by Gasteiger charge is 2.24. The molecule has 0 saturated heterocycles. The molecular weight excluding hydrogens is 332 g/mol. The van der Waals surface area contributed by atoms with E-state index in [9.17, 15) is 10.0 Å². The first kappa shape index (κ1) is 17.8. The Balaban J connectivity index is 1.55. The summed E-state index contributed by atoms with van der Waals surface area (Å²) in [5.74, 6) is 1.56. The second-order valence-corrected chi connectivity index (χ2v) is 6.02. The maximum atomic E-state index is 11.1. The number of carbonyl (C=O) groups is 1. The van der Waals surface area contributed by atoms with Crippen molar-refractivity contribution in [1.29, 1.82) is 0 Å². The molecule has 6 nitrogen and oxygen atoms in total. The average molecular weight is 354 g/mol. The summed E-state index contributed by atoms with van der Waals surface area (Å²) >= 11 is 0. The number of hydrogen-bond acceptors (Lipinski definition) is 4. The summed E-state index contributed by atoms with van der Waals surface area (Å²) in [6.45, 7) is 0.892. The second kappa shape index (κ2) is 8.40. The Morgan fingerprint density at radius 1 is 1.08 bits per heavy atom. The van der Waals surface area contributed by atoms with Crippen molar-refractivity contribution < 1.29 is 19.5 Å². The number of hydrogen-bond donors (Lipinski definition) is 2. The number of primary amides is 1. The lowest BCUT2D eigenvalue weighted by molar-refractivity contribution is -0.0608. The van der Waals surface area contributed by atoms with Crippen LogP contribution in [0.25, 0.3) is 5.57 Å². The predicted molar refractivity (Wildman–Crippen MR) is 98.1 cm³/mol. The molecule has 2 aromatic carbocycles. The van der Waals surface area contributed by atoms with E-state index in [2.05, 4.69) is 0 Å². The Kier molecular flexibility index (Phi) is 5.76. The van der Waals surface area contributed by atoms with Crippen molar-refractivity contribution in [3.63, 3.8) is 0 Å². The molecule has 6 heteroatoms. The van der Waals surface area contributed by atoms with Crippen LogP contribution in [0.5, 0.6) is 11.5 Å². The van der Waals surface area contributed by atoms with Crippen LogP contribution in [0, 0.1) is 0 Å². The summed E-state index contributed by atoms with van der Waals surface area (Å²) in [6.07, 6.45) is 3.27. The van der Waals surface area contributed by atoms with Crippen molar-refractivity contribution in [2.75, 3.05) is 13.2 Å². The van der Waals surface area contributed by atoms with Gasteiger partial charge in [0.1, 0.15) is 24.7 Å². The van der Waals surface area contributed by atoms with Crippen LogP contribution in [0.4, 0.5) is 4.79 Å². The number of amides is 2. The van der Waals surface area contributed by atoms with Crippen LogP contribution < -0.4 is 15.2 Å². The first-order chi connectivity index (χ1) is 12.6. The molecular formula is C20H22N2O4. The van der Waals surface area contributed by atoms with E-state index in [0.717, 1.165) is 29.1 Å². The number of hydroxylamine groups is 2. The number of nitrogens with two attached hydrogens (primary N) is 1. The van der Waals surface area contributed by atoms with Crippen molar-refractivity contribution in [1.82, 2.24) is 5.06 Å². The van der Waals surface area contributed by atoms with Gasteiger partial charge in [0.15, 0.2) is 0 Å². The number of benzene rings is 2. The maximum Gasteiger partial charge on any atom is 0.339 e.